The Kier molecular flexibility index (Phi) is 7.25. The molecule has 0 radical (unpaired) electrons. The van der Waals surface area contributed by atoms with Gasteiger partial charge < -0.3 is 13.9 Å². The molecule has 0 spiro atoms. The number of aromatic nitrogens is 3. The molecule has 1 aliphatic rings. The van der Waals surface area contributed by atoms with Crippen molar-refractivity contribution in [2.75, 3.05) is 33.2 Å². The summed E-state index contributed by atoms with van der Waals surface area (Å²) >= 11 is 1.51. The zero-order valence-corrected chi connectivity index (χ0v) is 18.7. The van der Waals surface area contributed by atoms with E-state index in [1.54, 1.807) is 6.33 Å². The molecule has 2 aromatic heterocycles. The first kappa shape index (κ1) is 21.2. The van der Waals surface area contributed by atoms with Crippen molar-refractivity contribution in [2.24, 2.45) is 13.0 Å². The molecule has 1 aliphatic heterocycles. The number of benzene rings is 1. The van der Waals surface area contributed by atoms with Crippen LogP contribution in [0.5, 0.6) is 0 Å². The van der Waals surface area contributed by atoms with Gasteiger partial charge in [0, 0.05) is 26.7 Å². The number of likely N-dealkylation sites (tertiary alicyclic amines) is 1. The van der Waals surface area contributed by atoms with Crippen LogP contribution in [-0.4, -0.2) is 57.8 Å². The Bertz CT molecular complexity index is 909. The van der Waals surface area contributed by atoms with Gasteiger partial charge in [0.15, 0.2) is 10.2 Å². The van der Waals surface area contributed by atoms with Gasteiger partial charge >= 0.3 is 0 Å². The summed E-state index contributed by atoms with van der Waals surface area (Å²) in [6.07, 6.45) is 5.38. The molecule has 1 saturated heterocycles. The van der Waals surface area contributed by atoms with E-state index >= 15 is 0 Å². The summed E-state index contributed by atoms with van der Waals surface area (Å²) in [6.45, 7) is 5.40. The van der Waals surface area contributed by atoms with Crippen LogP contribution in [0.4, 0.5) is 0 Å². The average molecular weight is 426 g/mol. The average Bonchev–Trinajstić information content (AvgIpc) is 3.36. The molecule has 7 heteroatoms. The summed E-state index contributed by atoms with van der Waals surface area (Å²) in [5, 5.41) is 9.76. The largest absolute Gasteiger partial charge is 0.453 e. The minimum Gasteiger partial charge on any atom is -0.453 e. The highest BCUT2D eigenvalue weighted by Crippen LogP contribution is 2.28. The van der Waals surface area contributed by atoms with E-state index in [-0.39, 0.29) is 0 Å². The zero-order valence-electron chi connectivity index (χ0n) is 17.9. The SMILES string of the molecule is CN1CCC[C@H](CN(CCc2ccccc2)Cc2ccc(Sc3nncn3C)o2)C1. The van der Waals surface area contributed by atoms with Gasteiger partial charge in [-0.25, -0.2) is 0 Å². The van der Waals surface area contributed by atoms with Crippen LogP contribution in [-0.2, 0) is 20.0 Å². The van der Waals surface area contributed by atoms with Gasteiger partial charge in [0.2, 0.25) is 0 Å². The Hall–Kier alpha value is -2.09. The fourth-order valence-electron chi connectivity index (χ4n) is 4.13. The van der Waals surface area contributed by atoms with Crippen LogP contribution in [0.25, 0.3) is 0 Å². The fourth-order valence-corrected chi connectivity index (χ4v) is 4.87. The second kappa shape index (κ2) is 10.3. The molecule has 0 N–H and O–H groups in total. The van der Waals surface area contributed by atoms with Crippen LogP contribution in [0, 0.1) is 5.92 Å². The van der Waals surface area contributed by atoms with Crippen LogP contribution in [0.2, 0.25) is 0 Å². The Morgan fingerprint density at radius 3 is 2.80 bits per heavy atom. The summed E-state index contributed by atoms with van der Waals surface area (Å²) in [5.41, 5.74) is 1.39. The normalized spacial score (nSPS) is 17.6. The molecule has 6 nitrogen and oxygen atoms in total. The Morgan fingerprint density at radius 2 is 2.03 bits per heavy atom. The number of furan rings is 1. The predicted octanol–water partition coefficient (Wildman–Crippen LogP) is 3.95. The van der Waals surface area contributed by atoms with E-state index in [1.807, 2.05) is 17.7 Å². The highest BCUT2D eigenvalue weighted by molar-refractivity contribution is 7.99. The first-order valence-electron chi connectivity index (χ1n) is 10.7. The monoisotopic (exact) mass is 425 g/mol. The molecule has 1 atom stereocenters. The highest BCUT2D eigenvalue weighted by atomic mass is 32.2. The van der Waals surface area contributed by atoms with E-state index in [0.29, 0.717) is 0 Å². The lowest BCUT2D eigenvalue weighted by molar-refractivity contribution is 0.141. The highest BCUT2D eigenvalue weighted by Gasteiger charge is 2.21. The van der Waals surface area contributed by atoms with Crippen molar-refractivity contribution in [3.8, 4) is 0 Å². The van der Waals surface area contributed by atoms with Crippen molar-refractivity contribution < 1.29 is 4.42 Å². The fraction of sp³-hybridized carbons (Fsp3) is 0.478. The number of hydrogen-bond acceptors (Lipinski definition) is 6. The first-order valence-corrected chi connectivity index (χ1v) is 11.5. The Morgan fingerprint density at radius 1 is 1.17 bits per heavy atom. The molecule has 4 rings (SSSR count). The van der Waals surface area contributed by atoms with E-state index in [2.05, 4.69) is 63.4 Å². The lowest BCUT2D eigenvalue weighted by Gasteiger charge is -2.33. The van der Waals surface area contributed by atoms with Crippen LogP contribution < -0.4 is 0 Å². The molecular formula is C23H31N5OS. The third-order valence-electron chi connectivity index (χ3n) is 5.68. The van der Waals surface area contributed by atoms with Gasteiger partial charge in [0.05, 0.1) is 6.54 Å². The van der Waals surface area contributed by atoms with Crippen LogP contribution in [0.15, 0.2) is 63.5 Å². The molecule has 160 valence electrons. The van der Waals surface area contributed by atoms with Gasteiger partial charge in [-0.1, -0.05) is 30.3 Å². The third kappa shape index (κ3) is 5.97. The molecule has 0 saturated carbocycles. The van der Waals surface area contributed by atoms with E-state index in [4.69, 9.17) is 4.42 Å². The lowest BCUT2D eigenvalue weighted by Crippen LogP contribution is -2.39. The Balaban J connectivity index is 1.40. The standard InChI is InChI=1S/C23H31N5OS/c1-26-13-6-9-20(15-26)16-28(14-12-19-7-4-3-5-8-19)17-21-10-11-22(29-21)30-23-25-24-18-27(23)2/h3-5,7-8,10-11,18,20H,6,9,12-17H2,1-2H3/t20-/m0/s1. The second-order valence-electron chi connectivity index (χ2n) is 8.29. The number of aryl methyl sites for hydroxylation is 1. The summed E-state index contributed by atoms with van der Waals surface area (Å²) in [7, 11) is 4.18. The van der Waals surface area contributed by atoms with Gasteiger partial charge in [-0.15, -0.1) is 10.2 Å². The molecule has 0 amide bonds. The molecule has 30 heavy (non-hydrogen) atoms. The third-order valence-corrected chi connectivity index (χ3v) is 6.65. The van der Waals surface area contributed by atoms with Crippen molar-refractivity contribution in [1.29, 1.82) is 0 Å². The van der Waals surface area contributed by atoms with Crippen LogP contribution in [0.3, 0.4) is 0 Å². The summed E-state index contributed by atoms with van der Waals surface area (Å²) in [6, 6.07) is 14.9. The predicted molar refractivity (Wildman–Crippen MR) is 119 cm³/mol. The van der Waals surface area contributed by atoms with Gasteiger partial charge in [-0.2, -0.15) is 0 Å². The van der Waals surface area contributed by atoms with E-state index in [1.165, 1.54) is 43.3 Å². The topological polar surface area (TPSA) is 50.3 Å². The zero-order chi connectivity index (χ0) is 20.8. The number of piperidine rings is 1. The van der Waals surface area contributed by atoms with Crippen molar-refractivity contribution in [2.45, 2.75) is 36.1 Å². The van der Waals surface area contributed by atoms with Gasteiger partial charge in [-0.3, -0.25) is 4.90 Å². The molecule has 3 aromatic rings. The van der Waals surface area contributed by atoms with E-state index in [9.17, 15) is 0 Å². The van der Waals surface area contributed by atoms with E-state index in [0.717, 1.165) is 48.0 Å². The lowest BCUT2D eigenvalue weighted by atomic mass is 9.97. The van der Waals surface area contributed by atoms with Crippen molar-refractivity contribution in [3.05, 3.63) is 60.1 Å². The van der Waals surface area contributed by atoms with Gasteiger partial charge in [0.1, 0.15) is 12.1 Å². The molecule has 1 aromatic carbocycles. The van der Waals surface area contributed by atoms with Gasteiger partial charge in [-0.05, 0) is 68.2 Å². The van der Waals surface area contributed by atoms with Crippen LogP contribution in [0.1, 0.15) is 24.2 Å². The molecular weight excluding hydrogens is 394 g/mol. The maximum Gasteiger partial charge on any atom is 0.198 e. The minimum atomic E-state index is 0.724. The number of rotatable bonds is 9. The minimum absolute atomic E-state index is 0.724. The smallest absolute Gasteiger partial charge is 0.198 e. The second-order valence-corrected chi connectivity index (χ2v) is 9.26. The Labute approximate surface area is 183 Å². The number of nitrogens with zero attached hydrogens (tertiary/aromatic N) is 5. The maximum atomic E-state index is 6.13. The maximum absolute atomic E-state index is 6.13. The van der Waals surface area contributed by atoms with Crippen molar-refractivity contribution in [1.82, 2.24) is 24.6 Å². The van der Waals surface area contributed by atoms with Crippen molar-refractivity contribution in [3.63, 3.8) is 0 Å². The van der Waals surface area contributed by atoms with Crippen molar-refractivity contribution >= 4 is 11.8 Å². The summed E-state index contributed by atoms with van der Waals surface area (Å²) in [5.74, 6) is 1.74. The molecule has 0 bridgehead atoms. The molecule has 0 aliphatic carbocycles. The quantitative estimate of drug-likeness (QED) is 0.517. The summed E-state index contributed by atoms with van der Waals surface area (Å²) < 4.78 is 8.04. The summed E-state index contributed by atoms with van der Waals surface area (Å²) in [4.78, 5) is 5.03. The molecule has 3 heterocycles. The molecule has 1 fully saturated rings. The van der Waals surface area contributed by atoms with Crippen LogP contribution >= 0.6 is 11.8 Å². The van der Waals surface area contributed by atoms with E-state index < -0.39 is 0 Å². The molecule has 0 unspecified atom stereocenters. The number of hydrogen-bond donors (Lipinski definition) is 0. The van der Waals surface area contributed by atoms with Gasteiger partial charge in [0.25, 0.3) is 0 Å². The first-order chi connectivity index (χ1) is 14.7.